The number of terminal acetylenes is 1. The summed E-state index contributed by atoms with van der Waals surface area (Å²) in [6, 6.07) is 2.49. The van der Waals surface area contributed by atoms with Crippen molar-refractivity contribution in [3.05, 3.63) is 48.0 Å². The van der Waals surface area contributed by atoms with E-state index in [1.54, 1.807) is 25.7 Å². The predicted molar refractivity (Wildman–Crippen MR) is 215 cm³/mol. The minimum Gasteiger partial charge on any atom is -0.444 e. The van der Waals surface area contributed by atoms with Crippen molar-refractivity contribution >= 4 is 45.7 Å². The number of Topliss-reactive ketones (excluding diaryl/α,β-unsaturated/α-hetero) is 1. The van der Waals surface area contributed by atoms with Crippen LogP contribution in [0.15, 0.2) is 36.9 Å². The summed E-state index contributed by atoms with van der Waals surface area (Å²) in [6.07, 6.45) is 6.81. The second-order valence-corrected chi connectivity index (χ2v) is 18.8. The molecule has 4 N–H and O–H groups in total. The van der Waals surface area contributed by atoms with Crippen LogP contribution in [0.4, 0.5) is 9.59 Å². The summed E-state index contributed by atoms with van der Waals surface area (Å²) in [5.41, 5.74) is 0.582. The number of sulfonamides is 1. The zero-order valence-corrected chi connectivity index (χ0v) is 35.2. The highest BCUT2D eigenvalue weighted by molar-refractivity contribution is 7.88. The van der Waals surface area contributed by atoms with E-state index in [4.69, 9.17) is 11.2 Å². The maximum Gasteiger partial charge on any atom is 0.410 e. The van der Waals surface area contributed by atoms with Crippen LogP contribution in [0.5, 0.6) is 0 Å². The van der Waals surface area contributed by atoms with Gasteiger partial charge in [-0.15, -0.1) is 18.9 Å². The van der Waals surface area contributed by atoms with Crippen molar-refractivity contribution in [1.82, 2.24) is 35.4 Å². The normalized spacial score (nSPS) is 18.6. The Kier molecular flexibility index (Phi) is 15.9. The smallest absolute Gasteiger partial charge is 0.410 e. The van der Waals surface area contributed by atoms with Crippen molar-refractivity contribution in [1.29, 1.82) is 0 Å². The molecule has 2 heterocycles. The summed E-state index contributed by atoms with van der Waals surface area (Å²) in [5.74, 6) is -0.939. The molecule has 1 aromatic rings. The van der Waals surface area contributed by atoms with Crippen LogP contribution in [0.1, 0.15) is 71.9 Å². The Bertz CT molecular complexity index is 1830. The molecule has 16 nitrogen and oxygen atoms in total. The Morgan fingerprint density at radius 3 is 2.26 bits per heavy atom. The van der Waals surface area contributed by atoms with Crippen LogP contribution in [0.3, 0.4) is 0 Å². The first-order valence-corrected chi connectivity index (χ1v) is 20.8. The zero-order valence-electron chi connectivity index (χ0n) is 34.3. The highest BCUT2D eigenvalue weighted by Gasteiger charge is 2.47. The van der Waals surface area contributed by atoms with Crippen molar-refractivity contribution in [2.75, 3.05) is 39.5 Å². The van der Waals surface area contributed by atoms with Crippen molar-refractivity contribution < 1.29 is 41.9 Å². The molecule has 314 valence electrons. The Morgan fingerprint density at radius 1 is 1.04 bits per heavy atom. The molecule has 2 unspecified atom stereocenters. The molecule has 1 fully saturated rings. The molecule has 0 aromatic heterocycles. The van der Waals surface area contributed by atoms with Gasteiger partial charge in [-0.2, -0.15) is 0 Å². The van der Waals surface area contributed by atoms with Gasteiger partial charge in [0, 0.05) is 52.1 Å². The molecule has 1 saturated heterocycles. The Hall–Kier alpha value is -4.95. The second kappa shape index (κ2) is 19.5. The molecule has 5 atom stereocenters. The number of nitrogens with zero attached hydrogens (tertiary/aromatic N) is 3. The van der Waals surface area contributed by atoms with Crippen LogP contribution in [0, 0.1) is 23.2 Å². The molecule has 2 aliphatic rings. The SMILES string of the molecule is C#CCCC(NC(=O)[C@@H]1C[C@@H](OC(=O)N2CCc3ccccc3C2)CN1C(=O)C(NC(=O)N[C@H](CN(C)S(C)(=O)=O)C(C)(C)C)C(C)(C)C)C(=O)C(=O)NCC=C. The van der Waals surface area contributed by atoms with E-state index in [-0.39, 0.29) is 38.9 Å². The summed E-state index contributed by atoms with van der Waals surface area (Å²) in [6.45, 7) is 14.7. The van der Waals surface area contributed by atoms with E-state index < -0.39 is 86.8 Å². The molecule has 0 bridgehead atoms. The fourth-order valence-electron chi connectivity index (χ4n) is 6.49. The molecule has 0 radical (unpaired) electrons. The minimum absolute atomic E-state index is 0.0145. The first kappa shape index (κ1) is 46.4. The molecule has 17 heteroatoms. The van der Waals surface area contributed by atoms with Gasteiger partial charge in [-0.1, -0.05) is 71.9 Å². The maximum absolute atomic E-state index is 14.6. The summed E-state index contributed by atoms with van der Waals surface area (Å²) < 4.78 is 31.5. The topological polar surface area (TPSA) is 204 Å². The number of ketones is 1. The van der Waals surface area contributed by atoms with Gasteiger partial charge in [-0.3, -0.25) is 19.2 Å². The third kappa shape index (κ3) is 13.0. The molecular weight excluding hydrogens is 755 g/mol. The maximum atomic E-state index is 14.6. The van der Waals surface area contributed by atoms with Crippen LogP contribution in [0.25, 0.3) is 0 Å². The van der Waals surface area contributed by atoms with E-state index in [1.807, 2.05) is 45.0 Å². The average Bonchev–Trinajstić information content (AvgIpc) is 3.55. The molecule has 0 aliphatic carbocycles. The van der Waals surface area contributed by atoms with E-state index in [2.05, 4.69) is 33.8 Å². The van der Waals surface area contributed by atoms with E-state index >= 15 is 0 Å². The second-order valence-electron chi connectivity index (χ2n) is 16.7. The van der Waals surface area contributed by atoms with Gasteiger partial charge in [-0.25, -0.2) is 22.3 Å². The highest BCUT2D eigenvalue weighted by Crippen LogP contribution is 2.29. The number of benzene rings is 1. The molecule has 57 heavy (non-hydrogen) atoms. The van der Waals surface area contributed by atoms with Gasteiger partial charge in [-0.05, 0) is 34.8 Å². The van der Waals surface area contributed by atoms with Gasteiger partial charge in [0.15, 0.2) is 0 Å². The van der Waals surface area contributed by atoms with Crippen LogP contribution in [0.2, 0.25) is 0 Å². The van der Waals surface area contributed by atoms with Gasteiger partial charge >= 0.3 is 12.1 Å². The standard InChI is InChI=1S/C40H59N7O9S/c1-11-13-18-29(32(48)35(50)41-20-12-2)42-34(49)30-22-28(56-38(53)46-21-19-26-16-14-15-17-27(26)23-46)24-47(30)36(51)33(40(6,7)8)44-37(52)43-31(39(3,4)5)25-45(9)57(10,54)55/h1,12,14-17,28-31,33H,2,13,18-25H2,3-10H3,(H,41,50)(H,42,49)(H2,43,44,52)/t28-,29?,30+,31-,33?/m1/s1. The van der Waals surface area contributed by atoms with E-state index in [9.17, 15) is 37.2 Å². The average molecular weight is 814 g/mol. The molecule has 2 aliphatic heterocycles. The lowest BCUT2D eigenvalue weighted by Gasteiger charge is -2.37. The number of urea groups is 1. The number of ether oxygens (including phenoxy) is 1. The van der Waals surface area contributed by atoms with Crippen LogP contribution in [-0.4, -0.2) is 128 Å². The summed E-state index contributed by atoms with van der Waals surface area (Å²) in [7, 11) is -2.17. The van der Waals surface area contributed by atoms with E-state index in [0.29, 0.717) is 19.5 Å². The lowest BCUT2D eigenvalue weighted by molar-refractivity contribution is -0.143. The number of amides is 6. The fraction of sp³-hybridized carbons (Fsp3) is 0.600. The van der Waals surface area contributed by atoms with Crippen molar-refractivity contribution in [2.24, 2.45) is 10.8 Å². The number of carbonyl (C=O) groups is 6. The summed E-state index contributed by atoms with van der Waals surface area (Å²) >= 11 is 0. The fourth-order valence-corrected chi connectivity index (χ4v) is 6.91. The Morgan fingerprint density at radius 2 is 1.68 bits per heavy atom. The zero-order chi connectivity index (χ0) is 42.9. The van der Waals surface area contributed by atoms with Gasteiger partial charge in [0.05, 0.1) is 18.8 Å². The van der Waals surface area contributed by atoms with E-state index in [1.165, 1.54) is 18.0 Å². The first-order chi connectivity index (χ1) is 26.5. The third-order valence-electron chi connectivity index (χ3n) is 10.1. The largest absolute Gasteiger partial charge is 0.444 e. The number of rotatable bonds is 15. The number of carbonyl (C=O) groups excluding carboxylic acids is 6. The lowest BCUT2D eigenvalue weighted by atomic mass is 9.85. The van der Waals surface area contributed by atoms with Crippen molar-refractivity contribution in [2.45, 2.75) is 104 Å². The van der Waals surface area contributed by atoms with Crippen LogP contribution >= 0.6 is 0 Å². The van der Waals surface area contributed by atoms with Crippen LogP contribution in [-0.2, 0) is 46.9 Å². The highest BCUT2D eigenvalue weighted by atomic mass is 32.2. The lowest BCUT2D eigenvalue weighted by Crippen LogP contribution is -2.62. The number of fused-ring (bicyclic) bond motifs is 1. The Labute approximate surface area is 336 Å². The number of likely N-dealkylation sites (tertiary alicyclic amines) is 1. The van der Waals surface area contributed by atoms with Gasteiger partial charge < -0.3 is 35.8 Å². The quantitative estimate of drug-likeness (QED) is 0.116. The number of likely N-dealkylation sites (N-methyl/N-ethyl adjacent to an activating group) is 1. The van der Waals surface area contributed by atoms with Crippen LogP contribution < -0.4 is 21.3 Å². The minimum atomic E-state index is -3.58. The third-order valence-corrected chi connectivity index (χ3v) is 11.4. The summed E-state index contributed by atoms with van der Waals surface area (Å²) in [5, 5.41) is 10.6. The van der Waals surface area contributed by atoms with Crippen molar-refractivity contribution in [3.63, 3.8) is 0 Å². The Balaban J connectivity index is 1.92. The van der Waals surface area contributed by atoms with Gasteiger partial charge in [0.2, 0.25) is 27.6 Å². The number of nitrogens with one attached hydrogen (secondary N) is 4. The predicted octanol–water partition coefficient (Wildman–Crippen LogP) is 1.94. The van der Waals surface area contributed by atoms with E-state index in [0.717, 1.165) is 21.7 Å². The molecule has 3 rings (SSSR count). The molecule has 6 amide bonds. The summed E-state index contributed by atoms with van der Waals surface area (Å²) in [4.78, 5) is 84.4. The molecule has 1 aromatic carbocycles. The van der Waals surface area contributed by atoms with Gasteiger partial charge in [0.1, 0.15) is 18.2 Å². The molecule has 0 saturated carbocycles. The van der Waals surface area contributed by atoms with Crippen molar-refractivity contribution in [3.8, 4) is 12.3 Å². The van der Waals surface area contributed by atoms with Gasteiger partial charge in [0.25, 0.3) is 5.91 Å². The number of hydrogen-bond acceptors (Lipinski definition) is 9. The number of hydrogen-bond donors (Lipinski definition) is 4. The monoisotopic (exact) mass is 813 g/mol. The molecular formula is C40H59N7O9S. The first-order valence-electron chi connectivity index (χ1n) is 19.0. The molecule has 0 spiro atoms.